The van der Waals surface area contributed by atoms with E-state index in [1.165, 1.54) is 0 Å². The van der Waals surface area contributed by atoms with E-state index in [0.717, 1.165) is 32.1 Å². The van der Waals surface area contributed by atoms with E-state index in [9.17, 15) is 15.0 Å². The molecule has 0 amide bonds. The molecule has 0 radical (unpaired) electrons. The number of hydrogen-bond donors (Lipinski definition) is 2. The molecule has 4 nitrogen and oxygen atoms in total. The van der Waals surface area contributed by atoms with Crippen LogP contribution in [0.5, 0.6) is 0 Å². The Morgan fingerprint density at radius 1 is 1.47 bits per heavy atom. The highest BCUT2D eigenvalue weighted by atomic mass is 16.6. The zero-order chi connectivity index (χ0) is 14.1. The van der Waals surface area contributed by atoms with E-state index in [1.807, 2.05) is 0 Å². The SMILES string of the molecule is C=C(C)C(=O)OC1(CCO)CC2CCCC(O)(C2)C1. The van der Waals surface area contributed by atoms with Crippen molar-refractivity contribution in [1.82, 2.24) is 0 Å². The van der Waals surface area contributed by atoms with Crippen molar-refractivity contribution in [2.45, 2.75) is 63.1 Å². The summed E-state index contributed by atoms with van der Waals surface area (Å²) in [6.45, 7) is 5.18. The van der Waals surface area contributed by atoms with E-state index in [-0.39, 0.29) is 6.61 Å². The second-order valence-electron chi connectivity index (χ2n) is 6.39. The van der Waals surface area contributed by atoms with E-state index in [1.54, 1.807) is 6.92 Å². The van der Waals surface area contributed by atoms with Crippen LogP contribution in [0.1, 0.15) is 51.9 Å². The third-order valence-electron chi connectivity index (χ3n) is 4.46. The van der Waals surface area contributed by atoms with Crippen molar-refractivity contribution in [3.63, 3.8) is 0 Å². The second-order valence-corrected chi connectivity index (χ2v) is 6.39. The molecule has 19 heavy (non-hydrogen) atoms. The molecular formula is C15H24O4. The summed E-state index contributed by atoms with van der Waals surface area (Å²) < 4.78 is 5.62. The molecule has 2 fully saturated rings. The van der Waals surface area contributed by atoms with Gasteiger partial charge in [0.1, 0.15) is 5.60 Å². The fourth-order valence-corrected chi connectivity index (χ4v) is 3.80. The number of esters is 1. The monoisotopic (exact) mass is 268 g/mol. The molecule has 2 rings (SSSR count). The summed E-state index contributed by atoms with van der Waals surface area (Å²) in [6.07, 6.45) is 5.24. The van der Waals surface area contributed by atoms with Gasteiger partial charge in [0.2, 0.25) is 0 Å². The fraction of sp³-hybridized carbons (Fsp3) is 0.800. The first-order chi connectivity index (χ1) is 8.88. The minimum Gasteiger partial charge on any atom is -0.456 e. The molecule has 0 aromatic carbocycles. The first-order valence-electron chi connectivity index (χ1n) is 7.10. The van der Waals surface area contributed by atoms with Crippen molar-refractivity contribution in [3.8, 4) is 0 Å². The molecule has 4 heteroatoms. The lowest BCUT2D eigenvalue weighted by Gasteiger charge is -2.50. The minimum atomic E-state index is -0.730. The molecule has 2 saturated carbocycles. The van der Waals surface area contributed by atoms with Crippen LogP contribution in [-0.4, -0.2) is 34.0 Å². The third-order valence-corrected chi connectivity index (χ3v) is 4.46. The van der Waals surface area contributed by atoms with Gasteiger partial charge in [-0.05, 0) is 32.1 Å². The molecule has 2 bridgehead atoms. The Morgan fingerprint density at radius 2 is 2.21 bits per heavy atom. The lowest BCUT2D eigenvalue weighted by Crippen LogP contribution is -2.53. The molecule has 0 aromatic heterocycles. The van der Waals surface area contributed by atoms with Crippen LogP contribution >= 0.6 is 0 Å². The Balaban J connectivity index is 2.19. The van der Waals surface area contributed by atoms with Gasteiger partial charge < -0.3 is 14.9 Å². The van der Waals surface area contributed by atoms with Gasteiger partial charge in [0, 0.05) is 25.0 Å². The van der Waals surface area contributed by atoms with Gasteiger partial charge in [-0.3, -0.25) is 0 Å². The summed E-state index contributed by atoms with van der Waals surface area (Å²) in [7, 11) is 0. The van der Waals surface area contributed by atoms with Crippen LogP contribution in [0.25, 0.3) is 0 Å². The van der Waals surface area contributed by atoms with Gasteiger partial charge in [-0.2, -0.15) is 0 Å². The maximum atomic E-state index is 11.8. The molecule has 0 spiro atoms. The van der Waals surface area contributed by atoms with Crippen LogP contribution in [0.3, 0.4) is 0 Å². The zero-order valence-electron chi connectivity index (χ0n) is 11.7. The van der Waals surface area contributed by atoms with Crippen molar-refractivity contribution in [1.29, 1.82) is 0 Å². The Bertz CT molecular complexity index is 378. The quantitative estimate of drug-likeness (QED) is 0.604. The normalized spacial score (nSPS) is 37.7. The lowest BCUT2D eigenvalue weighted by atomic mass is 9.62. The number of aliphatic hydroxyl groups is 2. The first-order valence-corrected chi connectivity index (χ1v) is 7.10. The van der Waals surface area contributed by atoms with Gasteiger partial charge >= 0.3 is 5.97 Å². The number of fused-ring (bicyclic) bond motifs is 2. The smallest absolute Gasteiger partial charge is 0.333 e. The average Bonchev–Trinajstić information content (AvgIpc) is 2.26. The van der Waals surface area contributed by atoms with E-state index >= 15 is 0 Å². The average molecular weight is 268 g/mol. The summed E-state index contributed by atoms with van der Waals surface area (Å²) in [5, 5.41) is 19.9. The van der Waals surface area contributed by atoms with E-state index in [2.05, 4.69) is 6.58 Å². The molecular weight excluding hydrogens is 244 g/mol. The largest absolute Gasteiger partial charge is 0.456 e. The topological polar surface area (TPSA) is 66.8 Å². The summed E-state index contributed by atoms with van der Waals surface area (Å²) in [6, 6.07) is 0. The summed E-state index contributed by atoms with van der Waals surface area (Å²) >= 11 is 0. The van der Waals surface area contributed by atoms with E-state index < -0.39 is 17.2 Å². The molecule has 108 valence electrons. The van der Waals surface area contributed by atoms with Crippen LogP contribution in [0.4, 0.5) is 0 Å². The lowest BCUT2D eigenvalue weighted by molar-refractivity contribution is -0.184. The van der Waals surface area contributed by atoms with Crippen LogP contribution in [-0.2, 0) is 9.53 Å². The molecule has 3 unspecified atom stereocenters. The summed E-state index contributed by atoms with van der Waals surface area (Å²) in [4.78, 5) is 11.8. The predicted molar refractivity (Wildman–Crippen MR) is 71.5 cm³/mol. The molecule has 2 aliphatic rings. The maximum absolute atomic E-state index is 11.8. The Morgan fingerprint density at radius 3 is 2.79 bits per heavy atom. The second kappa shape index (κ2) is 5.25. The highest BCUT2D eigenvalue weighted by Gasteiger charge is 2.51. The number of ether oxygens (including phenoxy) is 1. The van der Waals surface area contributed by atoms with Crippen molar-refractivity contribution in [2.24, 2.45) is 5.92 Å². The molecule has 0 saturated heterocycles. The molecule has 0 aliphatic heterocycles. The number of rotatable bonds is 4. The predicted octanol–water partition coefficient (Wildman–Crippen LogP) is 1.94. The molecule has 0 aromatic rings. The number of aliphatic hydroxyl groups excluding tert-OH is 1. The van der Waals surface area contributed by atoms with Crippen LogP contribution in [0.2, 0.25) is 0 Å². The van der Waals surface area contributed by atoms with Gasteiger partial charge in [-0.15, -0.1) is 0 Å². The van der Waals surface area contributed by atoms with E-state index in [4.69, 9.17) is 4.74 Å². The van der Waals surface area contributed by atoms with Crippen molar-refractivity contribution in [3.05, 3.63) is 12.2 Å². The van der Waals surface area contributed by atoms with Gasteiger partial charge in [-0.25, -0.2) is 4.79 Å². The van der Waals surface area contributed by atoms with E-state index in [0.29, 0.717) is 24.3 Å². The maximum Gasteiger partial charge on any atom is 0.333 e. The van der Waals surface area contributed by atoms with Gasteiger partial charge in [-0.1, -0.05) is 19.4 Å². The zero-order valence-corrected chi connectivity index (χ0v) is 11.7. The van der Waals surface area contributed by atoms with Crippen molar-refractivity contribution in [2.75, 3.05) is 6.61 Å². The minimum absolute atomic E-state index is 0.0354. The summed E-state index contributed by atoms with van der Waals surface area (Å²) in [5.41, 5.74) is -1.09. The molecule has 2 aliphatic carbocycles. The number of carbonyl (C=O) groups is 1. The first kappa shape index (κ1) is 14.5. The van der Waals surface area contributed by atoms with Gasteiger partial charge in [0.25, 0.3) is 0 Å². The third kappa shape index (κ3) is 3.18. The molecule has 2 N–H and O–H groups in total. The highest BCUT2D eigenvalue weighted by molar-refractivity contribution is 5.87. The molecule has 3 atom stereocenters. The Labute approximate surface area is 114 Å². The Hall–Kier alpha value is -0.870. The van der Waals surface area contributed by atoms with Crippen LogP contribution in [0.15, 0.2) is 12.2 Å². The number of carbonyl (C=O) groups excluding carboxylic acids is 1. The highest BCUT2D eigenvalue weighted by Crippen LogP contribution is 2.49. The fourth-order valence-electron chi connectivity index (χ4n) is 3.80. The number of hydrogen-bond acceptors (Lipinski definition) is 4. The molecule has 0 heterocycles. The van der Waals surface area contributed by atoms with Crippen LogP contribution in [0, 0.1) is 5.92 Å². The van der Waals surface area contributed by atoms with Crippen molar-refractivity contribution >= 4 is 5.97 Å². The summed E-state index contributed by atoms with van der Waals surface area (Å²) in [5.74, 6) is -0.0333. The van der Waals surface area contributed by atoms with Gasteiger partial charge in [0.05, 0.1) is 5.60 Å². The standard InChI is InChI=1S/C15H24O4/c1-11(2)13(17)19-15(6-7-16)9-12-4-3-5-14(18,8-12)10-15/h12,16,18H,1,3-10H2,2H3. The van der Waals surface area contributed by atoms with Gasteiger partial charge in [0.15, 0.2) is 0 Å². The Kier molecular flexibility index (Phi) is 4.02. The van der Waals surface area contributed by atoms with Crippen LogP contribution < -0.4 is 0 Å². The van der Waals surface area contributed by atoms with Crippen molar-refractivity contribution < 1.29 is 19.7 Å².